The summed E-state index contributed by atoms with van der Waals surface area (Å²) >= 11 is 0. The average molecular weight is 655 g/mol. The van der Waals surface area contributed by atoms with Crippen LogP contribution in [0.3, 0.4) is 0 Å². The molecule has 1 saturated heterocycles. The summed E-state index contributed by atoms with van der Waals surface area (Å²) < 4.78 is 46.5. The number of amides is 2. The molecule has 0 aliphatic carbocycles. The molecule has 3 aromatic carbocycles. The molecule has 0 aromatic heterocycles. The minimum Gasteiger partial charge on any atom is -0.494 e. The predicted molar refractivity (Wildman–Crippen MR) is 164 cm³/mol. The van der Waals surface area contributed by atoms with Gasteiger partial charge < -0.3 is 43.7 Å². The van der Waals surface area contributed by atoms with E-state index in [-0.39, 0.29) is 54.9 Å². The highest BCUT2D eigenvalue weighted by Crippen LogP contribution is 2.31. The largest absolute Gasteiger partial charge is 0.494 e. The first-order valence-electron chi connectivity index (χ1n) is 14.3. The average Bonchev–Trinajstić information content (AvgIpc) is 3.45. The van der Waals surface area contributed by atoms with Crippen LogP contribution in [-0.4, -0.2) is 93.9 Å². The Balaban J connectivity index is 1.50. The SMILES string of the molecule is COCOc1ccc(OC)c(F)c1C(=O)c1ccc(C(=O)OC2CN(C(=O)O)CC2NC(=O)c2cc(C)c(OCOC)c(C)c2)cc1. The van der Waals surface area contributed by atoms with E-state index in [0.717, 1.165) is 4.90 Å². The molecule has 1 aliphatic rings. The third kappa shape index (κ3) is 7.96. The lowest BCUT2D eigenvalue weighted by atomic mass is 10.00. The summed E-state index contributed by atoms with van der Waals surface area (Å²) in [7, 11) is 4.13. The highest BCUT2D eigenvalue weighted by Gasteiger charge is 2.39. The van der Waals surface area contributed by atoms with E-state index in [1.54, 1.807) is 26.0 Å². The van der Waals surface area contributed by atoms with Crippen molar-refractivity contribution >= 4 is 23.8 Å². The molecule has 0 spiro atoms. The lowest BCUT2D eigenvalue weighted by Crippen LogP contribution is -2.44. The summed E-state index contributed by atoms with van der Waals surface area (Å²) in [5.41, 5.74) is 1.42. The van der Waals surface area contributed by atoms with Crippen LogP contribution in [0, 0.1) is 19.7 Å². The number of rotatable bonds is 13. The van der Waals surface area contributed by atoms with Crippen molar-refractivity contribution in [3.8, 4) is 17.2 Å². The smallest absolute Gasteiger partial charge is 0.407 e. The van der Waals surface area contributed by atoms with Gasteiger partial charge in [-0.3, -0.25) is 9.59 Å². The van der Waals surface area contributed by atoms with Crippen LogP contribution >= 0.6 is 0 Å². The van der Waals surface area contributed by atoms with Crippen LogP contribution in [0.4, 0.5) is 9.18 Å². The quantitative estimate of drug-likeness (QED) is 0.156. The molecular weight excluding hydrogens is 619 g/mol. The van der Waals surface area contributed by atoms with Gasteiger partial charge in [-0.15, -0.1) is 0 Å². The minimum atomic E-state index is -1.24. The van der Waals surface area contributed by atoms with E-state index in [4.69, 9.17) is 28.4 Å². The lowest BCUT2D eigenvalue weighted by Gasteiger charge is -2.21. The Bertz CT molecular complexity index is 1620. The Kier molecular flexibility index (Phi) is 11.3. The minimum absolute atomic E-state index is 0.0397. The fourth-order valence-electron chi connectivity index (χ4n) is 5.13. The molecule has 0 saturated carbocycles. The number of aryl methyl sites for hydroxylation is 2. The molecule has 2 unspecified atom stereocenters. The molecule has 1 aliphatic heterocycles. The van der Waals surface area contributed by atoms with Gasteiger partial charge in [0, 0.05) is 31.9 Å². The molecule has 1 heterocycles. The molecule has 4 rings (SSSR count). The highest BCUT2D eigenvalue weighted by molar-refractivity contribution is 6.11. The normalized spacial score (nSPS) is 15.6. The molecule has 2 amide bonds. The standard InChI is InChI=1S/C33H35FN2O11/c1-18-12-22(13-19(2)30(18)46-17-43-4)31(38)35-23-14-36(33(40)41)15-26(23)47-32(39)21-8-6-20(7-9-21)29(37)27-24(45-16-42-3)10-11-25(44-5)28(27)34/h6-13,23,26H,14-17H2,1-5H3,(H,35,38)(H,40,41). The topological polar surface area (TPSA) is 159 Å². The zero-order valence-electron chi connectivity index (χ0n) is 26.5. The number of carbonyl (C=O) groups excluding carboxylic acids is 3. The molecule has 14 heteroatoms. The molecule has 0 bridgehead atoms. The van der Waals surface area contributed by atoms with Crippen molar-refractivity contribution in [2.45, 2.75) is 26.0 Å². The number of esters is 1. The van der Waals surface area contributed by atoms with Crippen LogP contribution in [0.1, 0.15) is 47.8 Å². The van der Waals surface area contributed by atoms with E-state index in [9.17, 15) is 24.3 Å². The van der Waals surface area contributed by atoms with Gasteiger partial charge in [0.25, 0.3) is 5.91 Å². The van der Waals surface area contributed by atoms with Crippen LogP contribution in [0.25, 0.3) is 0 Å². The number of carboxylic acid groups (broad SMARTS) is 1. The van der Waals surface area contributed by atoms with Gasteiger partial charge in [-0.25, -0.2) is 14.0 Å². The number of likely N-dealkylation sites (tertiary alicyclic amines) is 1. The Labute approximate surface area is 270 Å². The number of nitrogens with one attached hydrogen (secondary N) is 1. The van der Waals surface area contributed by atoms with Crippen molar-refractivity contribution in [3.05, 3.63) is 87.7 Å². The van der Waals surface area contributed by atoms with E-state index < -0.39 is 41.7 Å². The zero-order chi connectivity index (χ0) is 34.2. The lowest BCUT2D eigenvalue weighted by molar-refractivity contribution is 0.0266. The van der Waals surface area contributed by atoms with Gasteiger partial charge in [0.15, 0.2) is 30.9 Å². The molecule has 250 valence electrons. The van der Waals surface area contributed by atoms with Crippen LogP contribution in [0.5, 0.6) is 17.2 Å². The van der Waals surface area contributed by atoms with Crippen molar-refractivity contribution < 1.29 is 57.1 Å². The van der Waals surface area contributed by atoms with Gasteiger partial charge in [-0.05, 0) is 61.4 Å². The first-order valence-corrected chi connectivity index (χ1v) is 14.3. The van der Waals surface area contributed by atoms with Crippen LogP contribution in [0.15, 0.2) is 48.5 Å². The summed E-state index contributed by atoms with van der Waals surface area (Å²) in [6.45, 7) is 3.08. The van der Waals surface area contributed by atoms with Crippen molar-refractivity contribution in [2.24, 2.45) is 0 Å². The van der Waals surface area contributed by atoms with Gasteiger partial charge in [-0.2, -0.15) is 0 Å². The van der Waals surface area contributed by atoms with Gasteiger partial charge in [0.05, 0.1) is 25.3 Å². The van der Waals surface area contributed by atoms with Crippen molar-refractivity contribution in [3.63, 3.8) is 0 Å². The van der Waals surface area contributed by atoms with Gasteiger partial charge in [0.1, 0.15) is 23.2 Å². The molecule has 1 fully saturated rings. The third-order valence-corrected chi connectivity index (χ3v) is 7.39. The van der Waals surface area contributed by atoms with E-state index in [0.29, 0.717) is 22.4 Å². The second-order valence-electron chi connectivity index (χ2n) is 10.6. The molecule has 0 radical (unpaired) electrons. The number of ketones is 1. The Morgan fingerprint density at radius 3 is 2.04 bits per heavy atom. The molecule has 2 N–H and O–H groups in total. The summed E-state index contributed by atoms with van der Waals surface area (Å²) in [6, 6.07) is 10.4. The summed E-state index contributed by atoms with van der Waals surface area (Å²) in [6.07, 6.45) is -2.25. The van der Waals surface area contributed by atoms with Crippen molar-refractivity contribution in [1.82, 2.24) is 10.2 Å². The van der Waals surface area contributed by atoms with Crippen molar-refractivity contribution in [2.75, 3.05) is 48.0 Å². The van der Waals surface area contributed by atoms with Crippen molar-refractivity contribution in [1.29, 1.82) is 0 Å². The number of benzene rings is 3. The molecule has 3 aromatic rings. The predicted octanol–water partition coefficient (Wildman–Crippen LogP) is 3.97. The Morgan fingerprint density at radius 1 is 0.851 bits per heavy atom. The Morgan fingerprint density at radius 2 is 1.45 bits per heavy atom. The molecule has 47 heavy (non-hydrogen) atoms. The Hall–Kier alpha value is -5.21. The van der Waals surface area contributed by atoms with Crippen LogP contribution < -0.4 is 19.5 Å². The summed E-state index contributed by atoms with van der Waals surface area (Å²) in [5, 5.41) is 12.4. The maximum atomic E-state index is 15.1. The van der Waals surface area contributed by atoms with E-state index in [2.05, 4.69) is 5.32 Å². The second-order valence-corrected chi connectivity index (χ2v) is 10.6. The first kappa shape index (κ1) is 34.7. The van der Waals surface area contributed by atoms with Crippen LogP contribution in [0.2, 0.25) is 0 Å². The van der Waals surface area contributed by atoms with Gasteiger partial charge >= 0.3 is 12.1 Å². The highest BCUT2D eigenvalue weighted by atomic mass is 19.1. The van der Waals surface area contributed by atoms with Gasteiger partial charge in [0.2, 0.25) is 0 Å². The van der Waals surface area contributed by atoms with E-state index >= 15 is 4.39 Å². The number of ether oxygens (including phenoxy) is 6. The monoisotopic (exact) mass is 654 g/mol. The fraction of sp³-hybridized carbons (Fsp3) is 0.333. The molecule has 13 nitrogen and oxygen atoms in total. The second kappa shape index (κ2) is 15.4. The number of carbonyl (C=O) groups is 4. The maximum absolute atomic E-state index is 15.1. The number of nitrogens with zero attached hydrogens (tertiary/aromatic N) is 1. The zero-order valence-corrected chi connectivity index (χ0v) is 26.5. The number of hydrogen-bond donors (Lipinski definition) is 2. The number of halogens is 1. The molecular formula is C33H35FN2O11. The summed E-state index contributed by atoms with van der Waals surface area (Å²) in [4.78, 5) is 52.4. The van der Waals surface area contributed by atoms with Gasteiger partial charge in [-0.1, -0.05) is 12.1 Å². The third-order valence-electron chi connectivity index (χ3n) is 7.39. The number of methoxy groups -OCH3 is 3. The molecule has 2 atom stereocenters. The fourth-order valence-corrected chi connectivity index (χ4v) is 5.13. The summed E-state index contributed by atoms with van der Waals surface area (Å²) in [5.74, 6) is -2.60. The maximum Gasteiger partial charge on any atom is 0.407 e. The van der Waals surface area contributed by atoms with Crippen LogP contribution in [-0.2, 0) is 14.2 Å². The van der Waals surface area contributed by atoms with E-state index in [1.807, 2.05) is 0 Å². The first-order chi connectivity index (χ1) is 22.5. The van der Waals surface area contributed by atoms with E-state index in [1.165, 1.54) is 57.7 Å². The number of hydrogen-bond acceptors (Lipinski definition) is 10.